The van der Waals surface area contributed by atoms with Gasteiger partial charge in [-0.2, -0.15) is 0 Å². The van der Waals surface area contributed by atoms with E-state index in [4.69, 9.17) is 5.84 Å². The molecule has 22 heavy (non-hydrogen) atoms. The van der Waals surface area contributed by atoms with Crippen LogP contribution < -0.4 is 5.84 Å². The van der Waals surface area contributed by atoms with E-state index in [1.54, 1.807) is 23.2 Å². The highest BCUT2D eigenvalue weighted by Crippen LogP contribution is 2.31. The minimum atomic E-state index is -0.577. The van der Waals surface area contributed by atoms with Gasteiger partial charge >= 0.3 is 0 Å². The molecule has 1 unspecified atom stereocenters. The lowest BCUT2D eigenvalue weighted by atomic mass is 9.93. The molecule has 1 heterocycles. The predicted octanol–water partition coefficient (Wildman–Crippen LogP) is 3.01. The van der Waals surface area contributed by atoms with Crippen LogP contribution in [0.1, 0.15) is 18.1 Å². The number of halogens is 2. The zero-order valence-electron chi connectivity index (χ0n) is 12.3. The highest BCUT2D eigenvalue weighted by atomic mass is 19.1. The Labute approximate surface area is 128 Å². The first-order valence-corrected chi connectivity index (χ1v) is 7.08. The Kier molecular flexibility index (Phi) is 3.66. The van der Waals surface area contributed by atoms with Gasteiger partial charge in [-0.15, -0.1) is 0 Å². The molecular weight excluding hydrogens is 284 g/mol. The molecule has 0 radical (unpaired) electrons. The van der Waals surface area contributed by atoms with Crippen LogP contribution in [0.3, 0.4) is 0 Å². The van der Waals surface area contributed by atoms with Crippen molar-refractivity contribution in [3.63, 3.8) is 0 Å². The van der Waals surface area contributed by atoms with E-state index in [2.05, 4.69) is 4.99 Å². The van der Waals surface area contributed by atoms with Gasteiger partial charge in [-0.1, -0.05) is 24.3 Å². The van der Waals surface area contributed by atoms with Crippen molar-refractivity contribution in [2.45, 2.75) is 18.9 Å². The van der Waals surface area contributed by atoms with Crippen LogP contribution in [0.15, 0.2) is 53.5 Å². The summed E-state index contributed by atoms with van der Waals surface area (Å²) < 4.78 is 26.4. The molecule has 2 aromatic carbocycles. The van der Waals surface area contributed by atoms with Crippen LogP contribution in [0.4, 0.5) is 8.78 Å². The van der Waals surface area contributed by atoms with Gasteiger partial charge in [-0.25, -0.2) is 14.6 Å². The summed E-state index contributed by atoms with van der Waals surface area (Å²) >= 11 is 0. The molecule has 114 valence electrons. The fourth-order valence-electron chi connectivity index (χ4n) is 2.71. The summed E-state index contributed by atoms with van der Waals surface area (Å²) in [5.41, 5.74) is 1.14. The molecule has 2 N–H and O–H groups in total. The van der Waals surface area contributed by atoms with Crippen molar-refractivity contribution in [2.75, 3.05) is 6.54 Å². The summed E-state index contributed by atoms with van der Waals surface area (Å²) in [4.78, 5) is 4.69. The van der Waals surface area contributed by atoms with Crippen LogP contribution in [-0.4, -0.2) is 17.4 Å². The molecule has 1 aliphatic heterocycles. The van der Waals surface area contributed by atoms with Gasteiger partial charge in [-0.05, 0) is 42.3 Å². The highest BCUT2D eigenvalue weighted by molar-refractivity contribution is 5.86. The number of amidine groups is 1. The molecule has 5 heteroatoms. The SMILES string of the molecule is CC1(c2cccc(F)c2)CN(N)C(Cc2ccc(F)cc2)=N1. The second-order valence-corrected chi connectivity index (χ2v) is 5.74. The number of benzene rings is 2. The second-order valence-electron chi connectivity index (χ2n) is 5.74. The lowest BCUT2D eigenvalue weighted by Crippen LogP contribution is -2.38. The Hall–Kier alpha value is -2.27. The molecule has 1 atom stereocenters. The molecule has 3 nitrogen and oxygen atoms in total. The number of hydrazine groups is 1. The minimum absolute atomic E-state index is 0.272. The van der Waals surface area contributed by atoms with Crippen LogP contribution in [0.25, 0.3) is 0 Å². The third-order valence-electron chi connectivity index (χ3n) is 3.91. The van der Waals surface area contributed by atoms with Crippen molar-refractivity contribution < 1.29 is 8.78 Å². The standard InChI is InChI=1S/C17H17F2N3/c1-17(13-3-2-4-15(19)10-13)11-22(20)16(21-17)9-12-5-7-14(18)8-6-12/h2-8,10H,9,11,20H2,1H3. The van der Waals surface area contributed by atoms with Crippen molar-refractivity contribution in [1.82, 2.24) is 5.01 Å². The Balaban J connectivity index is 1.87. The predicted molar refractivity (Wildman–Crippen MR) is 82.2 cm³/mol. The average molecular weight is 301 g/mol. The normalized spacial score (nSPS) is 21.1. The third-order valence-corrected chi connectivity index (χ3v) is 3.91. The van der Waals surface area contributed by atoms with Crippen molar-refractivity contribution in [3.8, 4) is 0 Å². The molecule has 0 aromatic heterocycles. The van der Waals surface area contributed by atoms with Crippen LogP contribution in [0, 0.1) is 11.6 Å². The van der Waals surface area contributed by atoms with E-state index < -0.39 is 5.54 Å². The first-order chi connectivity index (χ1) is 10.5. The number of rotatable bonds is 3. The molecule has 3 rings (SSSR count). The maximum Gasteiger partial charge on any atom is 0.123 e. The first-order valence-electron chi connectivity index (χ1n) is 7.08. The van der Waals surface area contributed by atoms with E-state index in [1.165, 1.54) is 24.3 Å². The maximum atomic E-state index is 13.4. The Bertz CT molecular complexity index is 712. The van der Waals surface area contributed by atoms with Gasteiger partial charge in [0.25, 0.3) is 0 Å². The van der Waals surface area contributed by atoms with Crippen LogP contribution >= 0.6 is 0 Å². The summed E-state index contributed by atoms with van der Waals surface area (Å²) in [6, 6.07) is 12.7. The largest absolute Gasteiger partial charge is 0.296 e. The van der Waals surface area contributed by atoms with E-state index in [0.29, 0.717) is 18.8 Å². The lowest BCUT2D eigenvalue weighted by Gasteiger charge is -2.22. The fourth-order valence-corrected chi connectivity index (χ4v) is 2.71. The molecule has 0 fully saturated rings. The van der Waals surface area contributed by atoms with Crippen LogP contribution in [0.5, 0.6) is 0 Å². The Morgan fingerprint density at radius 2 is 1.86 bits per heavy atom. The Morgan fingerprint density at radius 1 is 1.14 bits per heavy atom. The smallest absolute Gasteiger partial charge is 0.123 e. The van der Waals surface area contributed by atoms with E-state index in [-0.39, 0.29) is 11.6 Å². The number of nitrogens with two attached hydrogens (primary N) is 1. The molecule has 1 aliphatic rings. The second kappa shape index (κ2) is 5.50. The molecule has 2 aromatic rings. The van der Waals surface area contributed by atoms with Crippen molar-refractivity contribution in [3.05, 3.63) is 71.3 Å². The Morgan fingerprint density at radius 3 is 2.55 bits per heavy atom. The first kappa shape index (κ1) is 14.7. The molecule has 0 saturated carbocycles. The zero-order valence-corrected chi connectivity index (χ0v) is 12.3. The molecule has 0 spiro atoms. The minimum Gasteiger partial charge on any atom is -0.296 e. The highest BCUT2D eigenvalue weighted by Gasteiger charge is 2.35. The molecule has 0 aliphatic carbocycles. The molecule has 0 amide bonds. The summed E-state index contributed by atoms with van der Waals surface area (Å²) in [5.74, 6) is 6.19. The summed E-state index contributed by atoms with van der Waals surface area (Å²) in [6.07, 6.45) is 0.516. The van der Waals surface area contributed by atoms with Gasteiger partial charge < -0.3 is 0 Å². The van der Waals surface area contributed by atoms with Gasteiger partial charge in [0.05, 0.1) is 6.54 Å². The fraction of sp³-hybridized carbons (Fsp3) is 0.235. The molecule has 0 bridgehead atoms. The maximum absolute atomic E-state index is 13.4. The molecule has 0 saturated heterocycles. The van der Waals surface area contributed by atoms with Gasteiger partial charge in [-0.3, -0.25) is 10.0 Å². The summed E-state index contributed by atoms with van der Waals surface area (Å²) in [6.45, 7) is 2.41. The van der Waals surface area contributed by atoms with Gasteiger partial charge in [0.2, 0.25) is 0 Å². The van der Waals surface area contributed by atoms with Crippen molar-refractivity contribution in [1.29, 1.82) is 0 Å². The number of hydrogen-bond donors (Lipinski definition) is 1. The molecular formula is C17H17F2N3. The summed E-state index contributed by atoms with van der Waals surface area (Å²) in [5, 5.41) is 1.58. The van der Waals surface area contributed by atoms with Crippen LogP contribution in [0.2, 0.25) is 0 Å². The van der Waals surface area contributed by atoms with Gasteiger partial charge in [0.1, 0.15) is 23.0 Å². The van der Waals surface area contributed by atoms with Crippen LogP contribution in [-0.2, 0) is 12.0 Å². The summed E-state index contributed by atoms with van der Waals surface area (Å²) in [7, 11) is 0. The van der Waals surface area contributed by atoms with Gasteiger partial charge in [0, 0.05) is 6.42 Å². The topological polar surface area (TPSA) is 41.6 Å². The van der Waals surface area contributed by atoms with E-state index in [1.807, 2.05) is 13.0 Å². The lowest BCUT2D eigenvalue weighted by molar-refractivity contribution is 0.371. The van der Waals surface area contributed by atoms with E-state index in [0.717, 1.165) is 11.1 Å². The van der Waals surface area contributed by atoms with Crippen molar-refractivity contribution in [2.24, 2.45) is 10.8 Å². The average Bonchev–Trinajstić information content (AvgIpc) is 2.77. The van der Waals surface area contributed by atoms with E-state index in [9.17, 15) is 8.78 Å². The van der Waals surface area contributed by atoms with Crippen molar-refractivity contribution >= 4 is 5.84 Å². The zero-order chi connectivity index (χ0) is 15.7. The number of aliphatic imine (C=N–C) groups is 1. The third kappa shape index (κ3) is 2.85. The van der Waals surface area contributed by atoms with Gasteiger partial charge in [0.15, 0.2) is 0 Å². The quantitative estimate of drug-likeness (QED) is 0.886. The monoisotopic (exact) mass is 301 g/mol. The van der Waals surface area contributed by atoms with E-state index >= 15 is 0 Å². The number of hydrogen-bond acceptors (Lipinski definition) is 3. The number of nitrogens with zero attached hydrogens (tertiary/aromatic N) is 2.